The van der Waals surface area contributed by atoms with Crippen molar-refractivity contribution in [3.8, 4) is 22.8 Å². The first-order chi connectivity index (χ1) is 25.9. The lowest BCUT2D eigenvalue weighted by molar-refractivity contribution is -0.123. The van der Waals surface area contributed by atoms with E-state index in [1.807, 2.05) is 18.2 Å². The number of amidine groups is 1. The summed E-state index contributed by atoms with van der Waals surface area (Å²) in [5, 5.41) is 9.60. The van der Waals surface area contributed by atoms with E-state index >= 15 is 0 Å². The van der Waals surface area contributed by atoms with Crippen LogP contribution in [0.4, 0.5) is 8.78 Å². The molecule has 0 radical (unpaired) electrons. The van der Waals surface area contributed by atoms with Crippen LogP contribution in [0.5, 0.6) is 11.6 Å². The molecule has 2 aromatic carbocycles. The standard InChI is InChI=1S/C40H45F2N7O4/c41-30-9-14-37-47-36(26-49(37)25-30)39(51)46-33-12-10-32(11-13-33)45-38(50)35-22-31(42)24-44-40(35)53-34-4-1-3-29(21-34)28-7-5-27(6-8-28)23-43-15-2-16-48-17-19-52-20-18-48/h1,3-9,14,21-22,24-25,32-33,36,43H,2,10-13,15-20,23,26H2,(H,45,50)(H,46,51). The minimum absolute atomic E-state index is 0.00368. The van der Waals surface area contributed by atoms with Crippen LogP contribution in [0.15, 0.2) is 90.0 Å². The van der Waals surface area contributed by atoms with Crippen LogP contribution in [0.1, 0.15) is 48.0 Å². The highest BCUT2D eigenvalue weighted by molar-refractivity contribution is 6.00. The van der Waals surface area contributed by atoms with Gasteiger partial charge in [0.1, 0.15) is 34.8 Å². The summed E-state index contributed by atoms with van der Waals surface area (Å²) in [6, 6.07) is 16.2. The molecule has 278 valence electrons. The van der Waals surface area contributed by atoms with Crippen LogP contribution in [0, 0.1) is 5.82 Å². The fourth-order valence-electron chi connectivity index (χ4n) is 7.06. The number of allylic oxidation sites excluding steroid dienone is 2. The Balaban J connectivity index is 0.888. The van der Waals surface area contributed by atoms with E-state index in [-0.39, 0.29) is 35.3 Å². The lowest BCUT2D eigenvalue weighted by atomic mass is 9.90. The molecule has 2 fully saturated rings. The molecule has 7 rings (SSSR count). The molecular weight excluding hydrogens is 680 g/mol. The normalized spacial score (nSPS) is 21.4. The van der Waals surface area contributed by atoms with Crippen LogP contribution in [0.3, 0.4) is 0 Å². The van der Waals surface area contributed by atoms with Crippen molar-refractivity contribution in [3.05, 3.63) is 102 Å². The van der Waals surface area contributed by atoms with Crippen molar-refractivity contribution in [1.82, 2.24) is 30.7 Å². The minimum Gasteiger partial charge on any atom is -0.438 e. The number of rotatable bonds is 13. The number of nitrogens with zero attached hydrogens (tertiary/aromatic N) is 4. The average molecular weight is 726 g/mol. The summed E-state index contributed by atoms with van der Waals surface area (Å²) in [6.45, 7) is 6.79. The minimum atomic E-state index is -0.644. The Morgan fingerprint density at radius 2 is 1.70 bits per heavy atom. The summed E-state index contributed by atoms with van der Waals surface area (Å²) in [5.41, 5.74) is 3.15. The van der Waals surface area contributed by atoms with Crippen LogP contribution in [0.2, 0.25) is 0 Å². The number of amides is 2. The number of ether oxygens (including phenoxy) is 2. The van der Waals surface area contributed by atoms with Crippen LogP contribution >= 0.6 is 0 Å². The monoisotopic (exact) mass is 725 g/mol. The van der Waals surface area contributed by atoms with Gasteiger partial charge in [0.25, 0.3) is 5.91 Å². The average Bonchev–Trinajstić information content (AvgIpc) is 3.61. The first-order valence-electron chi connectivity index (χ1n) is 18.4. The Bertz CT molecular complexity index is 1850. The third-order valence-electron chi connectivity index (χ3n) is 9.99. The molecule has 3 aliphatic heterocycles. The van der Waals surface area contributed by atoms with Crippen molar-refractivity contribution in [1.29, 1.82) is 0 Å². The predicted octanol–water partition coefficient (Wildman–Crippen LogP) is 5.11. The summed E-state index contributed by atoms with van der Waals surface area (Å²) in [7, 11) is 0. The maximum Gasteiger partial charge on any atom is 0.257 e. The predicted molar refractivity (Wildman–Crippen MR) is 198 cm³/mol. The van der Waals surface area contributed by atoms with Gasteiger partial charge in [-0.2, -0.15) is 0 Å². The summed E-state index contributed by atoms with van der Waals surface area (Å²) in [5.74, 6) is -0.648. The van der Waals surface area contributed by atoms with E-state index in [9.17, 15) is 18.4 Å². The molecular formula is C40H45F2N7O4. The summed E-state index contributed by atoms with van der Waals surface area (Å²) in [6.07, 6.45) is 8.93. The molecule has 2 amide bonds. The molecule has 4 aliphatic rings. The second-order valence-corrected chi connectivity index (χ2v) is 13.9. The molecule has 0 spiro atoms. The number of carbonyl (C=O) groups excluding carboxylic acids is 2. The van der Waals surface area contributed by atoms with Gasteiger partial charge >= 0.3 is 0 Å². The zero-order chi connectivity index (χ0) is 36.6. The Hall–Kier alpha value is -4.98. The number of aliphatic imine (C=N–C) groups is 1. The van der Waals surface area contributed by atoms with Gasteiger partial charge in [-0.1, -0.05) is 36.4 Å². The smallest absolute Gasteiger partial charge is 0.257 e. The number of halogens is 2. The van der Waals surface area contributed by atoms with Gasteiger partial charge in [-0.15, -0.1) is 0 Å². The first-order valence-corrected chi connectivity index (χ1v) is 18.4. The first kappa shape index (κ1) is 36.4. The molecule has 1 saturated heterocycles. The maximum atomic E-state index is 14.4. The molecule has 13 heteroatoms. The Morgan fingerprint density at radius 1 is 0.925 bits per heavy atom. The van der Waals surface area contributed by atoms with E-state index in [4.69, 9.17) is 9.47 Å². The zero-order valence-electron chi connectivity index (χ0n) is 29.6. The number of benzene rings is 2. The number of hydrogen-bond acceptors (Lipinski definition) is 9. The van der Waals surface area contributed by atoms with Crippen molar-refractivity contribution in [3.63, 3.8) is 0 Å². The number of pyridine rings is 1. The molecule has 1 atom stereocenters. The molecule has 53 heavy (non-hydrogen) atoms. The molecule has 11 nitrogen and oxygen atoms in total. The third kappa shape index (κ3) is 9.72. The number of hydrogen-bond donors (Lipinski definition) is 3. The molecule has 0 bridgehead atoms. The largest absolute Gasteiger partial charge is 0.438 e. The Morgan fingerprint density at radius 3 is 2.49 bits per heavy atom. The fraction of sp³-hybridized carbons (Fsp3) is 0.400. The highest BCUT2D eigenvalue weighted by atomic mass is 19.1. The number of aromatic nitrogens is 1. The number of fused-ring (bicyclic) bond motifs is 1. The van der Waals surface area contributed by atoms with Gasteiger partial charge in [0, 0.05) is 37.9 Å². The van der Waals surface area contributed by atoms with Gasteiger partial charge in [0.2, 0.25) is 11.8 Å². The Kier molecular flexibility index (Phi) is 11.8. The van der Waals surface area contributed by atoms with Crippen molar-refractivity contribution in [2.45, 2.75) is 56.8 Å². The fourth-order valence-corrected chi connectivity index (χ4v) is 7.06. The van der Waals surface area contributed by atoms with E-state index in [0.717, 1.165) is 75.7 Å². The second kappa shape index (κ2) is 17.2. The van der Waals surface area contributed by atoms with Gasteiger partial charge in [-0.3, -0.25) is 19.5 Å². The molecule has 1 aromatic heterocycles. The van der Waals surface area contributed by atoms with Crippen molar-refractivity contribution in [2.24, 2.45) is 4.99 Å². The van der Waals surface area contributed by atoms with Gasteiger partial charge in [0.05, 0.1) is 26.0 Å². The molecule has 1 saturated carbocycles. The van der Waals surface area contributed by atoms with Gasteiger partial charge in [-0.05, 0) is 92.2 Å². The maximum absolute atomic E-state index is 14.4. The lowest BCUT2D eigenvalue weighted by Crippen LogP contribution is -2.46. The zero-order valence-corrected chi connectivity index (χ0v) is 29.6. The summed E-state index contributed by atoms with van der Waals surface area (Å²) in [4.78, 5) is 38.9. The Labute approximate surface area is 308 Å². The van der Waals surface area contributed by atoms with Gasteiger partial charge in [0.15, 0.2) is 0 Å². The van der Waals surface area contributed by atoms with Crippen LogP contribution < -0.4 is 20.7 Å². The SMILES string of the molecule is O=C(NC1CCC(NC(=O)C2CN3C=C(F)C=CC3=N2)CC1)c1cc(F)cnc1Oc1cccc(-c2ccc(CNCCCN3CCOCC3)cc2)c1. The van der Waals surface area contributed by atoms with E-state index in [1.54, 1.807) is 17.0 Å². The highest BCUT2D eigenvalue weighted by Gasteiger charge is 2.32. The van der Waals surface area contributed by atoms with Crippen molar-refractivity contribution in [2.75, 3.05) is 45.9 Å². The lowest BCUT2D eigenvalue weighted by Gasteiger charge is -2.30. The quantitative estimate of drug-likeness (QED) is 0.208. The highest BCUT2D eigenvalue weighted by Crippen LogP contribution is 2.29. The van der Waals surface area contributed by atoms with Gasteiger partial charge < -0.3 is 30.3 Å². The number of nitrogens with one attached hydrogen (secondary N) is 3. The van der Waals surface area contributed by atoms with E-state index in [1.165, 1.54) is 17.8 Å². The summed E-state index contributed by atoms with van der Waals surface area (Å²) >= 11 is 0. The molecule has 3 N–H and O–H groups in total. The van der Waals surface area contributed by atoms with Crippen LogP contribution in [0.25, 0.3) is 11.1 Å². The van der Waals surface area contributed by atoms with Gasteiger partial charge in [-0.25, -0.2) is 13.8 Å². The van der Waals surface area contributed by atoms with Crippen molar-refractivity contribution >= 4 is 17.6 Å². The molecule has 3 aromatic rings. The second-order valence-electron chi connectivity index (χ2n) is 13.9. The molecule has 1 unspecified atom stereocenters. The number of morpholine rings is 1. The molecule has 4 heterocycles. The van der Waals surface area contributed by atoms with Crippen molar-refractivity contribution < 1.29 is 27.8 Å². The molecule has 1 aliphatic carbocycles. The van der Waals surface area contributed by atoms with E-state index < -0.39 is 17.8 Å². The van der Waals surface area contributed by atoms with Crippen LogP contribution in [-0.4, -0.2) is 96.5 Å². The number of carbonyl (C=O) groups is 2. The third-order valence-corrected chi connectivity index (χ3v) is 9.99. The van der Waals surface area contributed by atoms with E-state index in [2.05, 4.69) is 55.1 Å². The summed E-state index contributed by atoms with van der Waals surface area (Å²) < 4.78 is 39.4. The van der Waals surface area contributed by atoms with E-state index in [0.29, 0.717) is 43.8 Å². The topological polar surface area (TPSA) is 120 Å². The van der Waals surface area contributed by atoms with Crippen LogP contribution in [-0.2, 0) is 16.1 Å².